The second-order valence-corrected chi connectivity index (χ2v) is 9.47. The lowest BCUT2D eigenvalue weighted by Crippen LogP contribution is -2.48. The van der Waals surface area contributed by atoms with E-state index in [1.165, 1.54) is 30.3 Å². The summed E-state index contributed by atoms with van der Waals surface area (Å²) in [4.78, 5) is 12.6. The van der Waals surface area contributed by atoms with Gasteiger partial charge in [0.25, 0.3) is 10.0 Å². The zero-order valence-corrected chi connectivity index (χ0v) is 17.7. The Labute approximate surface area is 170 Å². The molecular weight excluding hydrogens is 407 g/mol. The minimum Gasteiger partial charge on any atom is -0.350 e. The van der Waals surface area contributed by atoms with Crippen LogP contribution in [0.4, 0.5) is 5.69 Å². The summed E-state index contributed by atoms with van der Waals surface area (Å²) in [5.41, 5.74) is -0.230. The van der Waals surface area contributed by atoms with Crippen molar-refractivity contribution in [2.75, 3.05) is 10.8 Å². The molecule has 0 bridgehead atoms. The lowest BCUT2D eigenvalue weighted by atomic mass is 10.0. The Hall–Kier alpha value is -1.76. The largest absolute Gasteiger partial charge is 0.350 e. The lowest BCUT2D eigenvalue weighted by Gasteiger charge is -2.28. The van der Waals surface area contributed by atoms with Gasteiger partial charge in [0.15, 0.2) is 0 Å². The highest BCUT2D eigenvalue weighted by Crippen LogP contribution is 2.29. The molecule has 0 aromatic heterocycles. The van der Waals surface area contributed by atoms with Gasteiger partial charge in [-0.1, -0.05) is 48.3 Å². The average Bonchev–Trinajstić information content (AvgIpc) is 2.59. The predicted molar refractivity (Wildman–Crippen MR) is 110 cm³/mol. The summed E-state index contributed by atoms with van der Waals surface area (Å²) in [6.07, 6.45) is 0.702. The van der Waals surface area contributed by atoms with Gasteiger partial charge in [0, 0.05) is 15.6 Å². The van der Waals surface area contributed by atoms with E-state index in [9.17, 15) is 13.2 Å². The van der Waals surface area contributed by atoms with Crippen LogP contribution in [-0.4, -0.2) is 26.4 Å². The fourth-order valence-electron chi connectivity index (χ4n) is 2.35. The van der Waals surface area contributed by atoms with Crippen molar-refractivity contribution in [3.05, 3.63) is 58.6 Å². The van der Waals surface area contributed by atoms with Crippen LogP contribution >= 0.6 is 23.2 Å². The van der Waals surface area contributed by atoms with E-state index in [-0.39, 0.29) is 20.6 Å². The average molecular weight is 429 g/mol. The number of hydrogen-bond acceptors (Lipinski definition) is 3. The Morgan fingerprint density at radius 3 is 2.15 bits per heavy atom. The van der Waals surface area contributed by atoms with Gasteiger partial charge in [-0.05, 0) is 50.6 Å². The molecule has 0 atom stereocenters. The Kier molecular flexibility index (Phi) is 6.78. The van der Waals surface area contributed by atoms with E-state index in [2.05, 4.69) is 5.32 Å². The van der Waals surface area contributed by atoms with Gasteiger partial charge < -0.3 is 5.32 Å². The van der Waals surface area contributed by atoms with Crippen molar-refractivity contribution < 1.29 is 13.2 Å². The number of carbonyl (C=O) groups is 1. The van der Waals surface area contributed by atoms with Gasteiger partial charge in [-0.15, -0.1) is 0 Å². The van der Waals surface area contributed by atoms with Crippen molar-refractivity contribution in [1.29, 1.82) is 0 Å². The Bertz CT molecular complexity index is 896. The molecule has 0 radical (unpaired) electrons. The van der Waals surface area contributed by atoms with Gasteiger partial charge in [-0.25, -0.2) is 8.42 Å². The second-order valence-electron chi connectivity index (χ2n) is 6.74. The predicted octanol–water partition coefficient (Wildman–Crippen LogP) is 4.49. The summed E-state index contributed by atoms with van der Waals surface area (Å²) in [5.74, 6) is -0.419. The maximum atomic E-state index is 13.2. The fourth-order valence-corrected chi connectivity index (χ4v) is 4.29. The number of anilines is 1. The van der Waals surface area contributed by atoms with Crippen LogP contribution in [-0.2, 0) is 14.8 Å². The molecule has 0 spiro atoms. The standard InChI is InChI=1S/C19H22Cl2N2O3S/c1-4-19(2,3)22-18(24)13-23(16-11-14(20)10-15(21)12-16)27(25,26)17-8-6-5-7-9-17/h5-12H,4,13H2,1-3H3,(H,22,24). The molecule has 8 heteroatoms. The van der Waals surface area contributed by atoms with Gasteiger partial charge >= 0.3 is 0 Å². The molecule has 2 rings (SSSR count). The molecule has 27 heavy (non-hydrogen) atoms. The van der Waals surface area contributed by atoms with Crippen molar-refractivity contribution in [2.45, 2.75) is 37.6 Å². The molecule has 0 aliphatic rings. The van der Waals surface area contributed by atoms with Gasteiger partial charge in [-0.2, -0.15) is 0 Å². The number of halogens is 2. The van der Waals surface area contributed by atoms with Gasteiger partial charge in [-0.3, -0.25) is 9.10 Å². The van der Waals surface area contributed by atoms with Crippen LogP contribution in [0.1, 0.15) is 27.2 Å². The van der Waals surface area contributed by atoms with E-state index in [4.69, 9.17) is 23.2 Å². The fraction of sp³-hybridized carbons (Fsp3) is 0.316. The number of hydrogen-bond donors (Lipinski definition) is 1. The third-order valence-electron chi connectivity index (χ3n) is 4.12. The molecule has 1 amide bonds. The molecule has 0 saturated carbocycles. The summed E-state index contributed by atoms with van der Waals surface area (Å²) >= 11 is 12.1. The molecule has 1 N–H and O–H groups in total. The van der Waals surface area contributed by atoms with Crippen LogP contribution in [0.2, 0.25) is 10.0 Å². The van der Waals surface area contributed by atoms with Crippen molar-refractivity contribution in [1.82, 2.24) is 5.32 Å². The van der Waals surface area contributed by atoms with Crippen molar-refractivity contribution in [3.63, 3.8) is 0 Å². The SMILES string of the molecule is CCC(C)(C)NC(=O)CN(c1cc(Cl)cc(Cl)c1)S(=O)(=O)c1ccccc1. The molecule has 0 aliphatic heterocycles. The minimum absolute atomic E-state index is 0.0728. The highest BCUT2D eigenvalue weighted by Gasteiger charge is 2.29. The van der Waals surface area contributed by atoms with Crippen molar-refractivity contribution in [2.24, 2.45) is 0 Å². The van der Waals surface area contributed by atoms with Crippen molar-refractivity contribution >= 4 is 44.8 Å². The van der Waals surface area contributed by atoms with Crippen molar-refractivity contribution in [3.8, 4) is 0 Å². The number of nitrogens with one attached hydrogen (secondary N) is 1. The zero-order valence-electron chi connectivity index (χ0n) is 15.4. The summed E-state index contributed by atoms with van der Waals surface area (Å²) < 4.78 is 27.4. The van der Waals surface area contributed by atoms with Crippen LogP contribution in [0.15, 0.2) is 53.4 Å². The van der Waals surface area contributed by atoms with Crippen LogP contribution in [0.3, 0.4) is 0 Å². The van der Waals surface area contributed by atoms with Gasteiger partial charge in [0.2, 0.25) is 5.91 Å². The first-order valence-electron chi connectivity index (χ1n) is 8.40. The highest BCUT2D eigenvalue weighted by molar-refractivity contribution is 7.92. The molecule has 0 saturated heterocycles. The molecule has 0 aliphatic carbocycles. The Morgan fingerprint density at radius 2 is 1.63 bits per heavy atom. The number of benzene rings is 2. The topological polar surface area (TPSA) is 66.5 Å². The molecule has 0 heterocycles. The van der Waals surface area contributed by atoms with E-state index >= 15 is 0 Å². The quantitative estimate of drug-likeness (QED) is 0.705. The normalized spacial score (nSPS) is 11.9. The zero-order chi connectivity index (χ0) is 20.2. The second kappa shape index (κ2) is 8.50. The number of sulfonamides is 1. The first-order chi connectivity index (χ1) is 12.5. The third kappa shape index (κ3) is 5.61. The van der Waals surface area contributed by atoms with Crippen LogP contribution in [0.25, 0.3) is 0 Å². The Morgan fingerprint density at radius 1 is 1.07 bits per heavy atom. The Balaban J connectivity index is 2.48. The molecule has 2 aromatic rings. The smallest absolute Gasteiger partial charge is 0.264 e. The third-order valence-corrected chi connectivity index (χ3v) is 6.34. The summed E-state index contributed by atoms with van der Waals surface area (Å²) in [5, 5.41) is 3.40. The molecule has 2 aromatic carbocycles. The molecule has 146 valence electrons. The number of rotatable bonds is 7. The summed E-state index contributed by atoms with van der Waals surface area (Å²) in [6.45, 7) is 5.29. The van der Waals surface area contributed by atoms with E-state index in [0.29, 0.717) is 6.42 Å². The molecule has 5 nitrogen and oxygen atoms in total. The number of carbonyl (C=O) groups excluding carboxylic acids is 1. The highest BCUT2D eigenvalue weighted by atomic mass is 35.5. The first-order valence-corrected chi connectivity index (χ1v) is 10.6. The van der Waals surface area contributed by atoms with Crippen LogP contribution in [0.5, 0.6) is 0 Å². The maximum absolute atomic E-state index is 13.2. The van der Waals surface area contributed by atoms with Gasteiger partial charge in [0.1, 0.15) is 6.54 Å². The van der Waals surface area contributed by atoms with E-state index in [1.807, 2.05) is 20.8 Å². The molecule has 0 fully saturated rings. The summed E-state index contributed by atoms with van der Waals surface area (Å²) in [7, 11) is -3.99. The molecular formula is C19H22Cl2N2O3S. The van der Waals surface area contributed by atoms with Gasteiger partial charge in [0.05, 0.1) is 10.6 Å². The summed E-state index contributed by atoms with van der Waals surface area (Å²) in [6, 6.07) is 12.3. The van der Waals surface area contributed by atoms with E-state index in [0.717, 1.165) is 4.31 Å². The lowest BCUT2D eigenvalue weighted by molar-refractivity contribution is -0.121. The first kappa shape index (κ1) is 21.5. The number of nitrogens with zero attached hydrogens (tertiary/aromatic N) is 1. The number of amides is 1. The minimum atomic E-state index is -3.99. The van der Waals surface area contributed by atoms with E-state index in [1.54, 1.807) is 18.2 Å². The maximum Gasteiger partial charge on any atom is 0.264 e. The van der Waals surface area contributed by atoms with E-state index < -0.39 is 28.0 Å². The van der Waals surface area contributed by atoms with Crippen LogP contribution in [0, 0.1) is 0 Å². The van der Waals surface area contributed by atoms with Crippen LogP contribution < -0.4 is 9.62 Å². The molecule has 0 unspecified atom stereocenters. The monoisotopic (exact) mass is 428 g/mol.